The van der Waals surface area contributed by atoms with Crippen LogP contribution in [0.5, 0.6) is 0 Å². The Balaban J connectivity index is 2.02. The van der Waals surface area contributed by atoms with E-state index >= 15 is 0 Å². The molecule has 0 radical (unpaired) electrons. The molecule has 0 amide bonds. The van der Waals surface area contributed by atoms with Gasteiger partial charge in [-0.05, 0) is 30.7 Å². The van der Waals surface area contributed by atoms with Gasteiger partial charge >= 0.3 is 0 Å². The second-order valence-corrected chi connectivity index (χ2v) is 5.31. The lowest BCUT2D eigenvalue weighted by Gasteiger charge is -2.15. The van der Waals surface area contributed by atoms with Gasteiger partial charge in [0.05, 0.1) is 0 Å². The molecule has 2 aromatic carbocycles. The average molecular weight is 326 g/mol. The fourth-order valence-corrected chi connectivity index (χ4v) is 2.24. The molecule has 4 heteroatoms. The maximum absolute atomic E-state index is 13.5. The highest BCUT2D eigenvalue weighted by molar-refractivity contribution is 9.10. The van der Waals surface area contributed by atoms with Crippen LogP contribution in [0.15, 0.2) is 46.9 Å². The van der Waals surface area contributed by atoms with E-state index in [0.717, 1.165) is 16.1 Å². The van der Waals surface area contributed by atoms with E-state index < -0.39 is 11.6 Å². The van der Waals surface area contributed by atoms with E-state index in [0.29, 0.717) is 12.1 Å². The van der Waals surface area contributed by atoms with Gasteiger partial charge in [-0.15, -0.1) is 0 Å². The van der Waals surface area contributed by atoms with Crippen molar-refractivity contribution in [2.24, 2.45) is 0 Å². The molecular weight excluding hydrogens is 312 g/mol. The third-order valence-corrected chi connectivity index (χ3v) is 3.46. The van der Waals surface area contributed by atoms with Crippen LogP contribution < -0.4 is 5.32 Å². The van der Waals surface area contributed by atoms with Gasteiger partial charge in [-0.2, -0.15) is 0 Å². The maximum atomic E-state index is 13.5. The molecule has 2 rings (SSSR count). The lowest BCUT2D eigenvalue weighted by molar-refractivity contribution is 0.533. The molecule has 0 aliphatic rings. The molecule has 0 saturated carbocycles. The summed E-state index contributed by atoms with van der Waals surface area (Å²) in [4.78, 5) is 0. The summed E-state index contributed by atoms with van der Waals surface area (Å²) in [6, 6.07) is 11.6. The summed E-state index contributed by atoms with van der Waals surface area (Å²) >= 11 is 3.42. The highest BCUT2D eigenvalue weighted by atomic mass is 79.9. The third kappa shape index (κ3) is 3.85. The Kier molecular flexibility index (Phi) is 4.66. The number of hydrogen-bond acceptors (Lipinski definition) is 1. The molecule has 1 N–H and O–H groups in total. The summed E-state index contributed by atoms with van der Waals surface area (Å²) in [6.45, 7) is 2.36. The minimum absolute atomic E-state index is 0.0851. The Morgan fingerprint density at radius 1 is 1.16 bits per heavy atom. The summed E-state index contributed by atoms with van der Waals surface area (Å²) in [5.74, 6) is -1.07. The second-order valence-electron chi connectivity index (χ2n) is 4.39. The summed E-state index contributed by atoms with van der Waals surface area (Å²) in [6.07, 6.45) is 0. The molecule has 0 heterocycles. The zero-order chi connectivity index (χ0) is 13.8. The molecule has 0 fully saturated rings. The van der Waals surface area contributed by atoms with Crippen LogP contribution in [0.1, 0.15) is 24.1 Å². The highest BCUT2D eigenvalue weighted by Crippen LogP contribution is 2.18. The monoisotopic (exact) mass is 325 g/mol. The first-order chi connectivity index (χ1) is 9.06. The van der Waals surface area contributed by atoms with Crippen LogP contribution in [0.3, 0.4) is 0 Å². The van der Waals surface area contributed by atoms with Crippen LogP contribution in [-0.2, 0) is 6.54 Å². The molecule has 2 aromatic rings. The largest absolute Gasteiger partial charge is 0.306 e. The Morgan fingerprint density at radius 2 is 1.95 bits per heavy atom. The molecule has 1 nitrogen and oxygen atoms in total. The van der Waals surface area contributed by atoms with Gasteiger partial charge in [0.1, 0.15) is 11.6 Å². The third-order valence-electron chi connectivity index (χ3n) is 2.96. The number of benzene rings is 2. The summed E-state index contributed by atoms with van der Waals surface area (Å²) < 4.78 is 27.3. The van der Waals surface area contributed by atoms with Crippen LogP contribution in [0, 0.1) is 11.6 Å². The van der Waals surface area contributed by atoms with Crippen LogP contribution >= 0.6 is 15.9 Å². The van der Waals surface area contributed by atoms with Crippen molar-refractivity contribution in [3.63, 3.8) is 0 Å². The number of rotatable bonds is 4. The van der Waals surface area contributed by atoms with Crippen molar-refractivity contribution in [1.82, 2.24) is 5.32 Å². The quantitative estimate of drug-likeness (QED) is 0.867. The van der Waals surface area contributed by atoms with E-state index in [4.69, 9.17) is 0 Å². The number of hydrogen-bond donors (Lipinski definition) is 1. The normalized spacial score (nSPS) is 12.4. The molecule has 0 aromatic heterocycles. The number of halogens is 3. The molecule has 0 aliphatic carbocycles. The maximum Gasteiger partial charge on any atom is 0.130 e. The topological polar surface area (TPSA) is 12.0 Å². The molecule has 1 atom stereocenters. The van der Waals surface area contributed by atoms with Gasteiger partial charge in [-0.1, -0.05) is 34.1 Å². The zero-order valence-corrected chi connectivity index (χ0v) is 12.0. The average Bonchev–Trinajstić information content (AvgIpc) is 2.37. The SMILES string of the molecule is C[C@@H](NCc1ccc(F)cc1F)c1cccc(Br)c1. The van der Waals surface area contributed by atoms with Crippen LogP contribution in [0.2, 0.25) is 0 Å². The zero-order valence-electron chi connectivity index (χ0n) is 10.5. The first kappa shape index (κ1) is 14.2. The second kappa shape index (κ2) is 6.26. The Morgan fingerprint density at radius 3 is 2.63 bits per heavy atom. The predicted octanol–water partition coefficient (Wildman–Crippen LogP) is 4.58. The molecular formula is C15H14BrF2N. The Hall–Kier alpha value is -1.26. The van der Waals surface area contributed by atoms with Crippen molar-refractivity contribution < 1.29 is 8.78 Å². The Labute approximate surface area is 119 Å². The molecule has 100 valence electrons. The van der Waals surface area contributed by atoms with Gasteiger partial charge in [0.15, 0.2) is 0 Å². The molecule has 19 heavy (non-hydrogen) atoms. The molecule has 0 unspecified atom stereocenters. The van der Waals surface area contributed by atoms with Crippen molar-refractivity contribution in [2.45, 2.75) is 19.5 Å². The lowest BCUT2D eigenvalue weighted by atomic mass is 10.1. The minimum Gasteiger partial charge on any atom is -0.306 e. The minimum atomic E-state index is -0.554. The molecule has 0 spiro atoms. The van der Waals surface area contributed by atoms with Crippen molar-refractivity contribution in [2.75, 3.05) is 0 Å². The van der Waals surface area contributed by atoms with Crippen molar-refractivity contribution in [3.8, 4) is 0 Å². The fraction of sp³-hybridized carbons (Fsp3) is 0.200. The van der Waals surface area contributed by atoms with Crippen LogP contribution in [0.25, 0.3) is 0 Å². The first-order valence-corrected chi connectivity index (χ1v) is 6.78. The lowest BCUT2D eigenvalue weighted by Crippen LogP contribution is -2.18. The van der Waals surface area contributed by atoms with E-state index in [1.165, 1.54) is 12.1 Å². The van der Waals surface area contributed by atoms with Gasteiger partial charge in [-0.3, -0.25) is 0 Å². The summed E-state index contributed by atoms with van der Waals surface area (Å²) in [7, 11) is 0. The number of nitrogens with one attached hydrogen (secondary N) is 1. The van der Waals surface area contributed by atoms with Crippen molar-refractivity contribution >= 4 is 15.9 Å². The molecule has 0 aliphatic heterocycles. The van der Waals surface area contributed by atoms with Gasteiger partial charge in [0, 0.05) is 28.7 Å². The van der Waals surface area contributed by atoms with E-state index in [2.05, 4.69) is 21.2 Å². The Bertz CT molecular complexity index is 572. The highest BCUT2D eigenvalue weighted by Gasteiger charge is 2.08. The summed E-state index contributed by atoms with van der Waals surface area (Å²) in [5, 5.41) is 3.22. The van der Waals surface area contributed by atoms with Gasteiger partial charge in [-0.25, -0.2) is 8.78 Å². The van der Waals surface area contributed by atoms with Gasteiger partial charge in [0.2, 0.25) is 0 Å². The standard InChI is InChI=1S/C15H14BrF2N/c1-10(11-3-2-4-13(16)7-11)19-9-12-5-6-14(17)8-15(12)18/h2-8,10,19H,9H2,1H3/t10-/m1/s1. The van der Waals surface area contributed by atoms with Crippen molar-refractivity contribution in [3.05, 3.63) is 69.7 Å². The fourth-order valence-electron chi connectivity index (χ4n) is 1.82. The van der Waals surface area contributed by atoms with E-state index in [1.54, 1.807) is 0 Å². The molecule has 0 saturated heterocycles. The van der Waals surface area contributed by atoms with Crippen LogP contribution in [0.4, 0.5) is 8.78 Å². The summed E-state index contributed by atoms with van der Waals surface area (Å²) in [5.41, 5.74) is 1.57. The van der Waals surface area contributed by atoms with E-state index in [1.807, 2.05) is 31.2 Å². The molecule has 0 bridgehead atoms. The van der Waals surface area contributed by atoms with Gasteiger partial charge in [0.25, 0.3) is 0 Å². The predicted molar refractivity (Wildman–Crippen MR) is 75.8 cm³/mol. The van der Waals surface area contributed by atoms with Crippen molar-refractivity contribution in [1.29, 1.82) is 0 Å². The van der Waals surface area contributed by atoms with Gasteiger partial charge < -0.3 is 5.32 Å². The first-order valence-electron chi connectivity index (χ1n) is 5.99. The smallest absolute Gasteiger partial charge is 0.130 e. The van der Waals surface area contributed by atoms with E-state index in [-0.39, 0.29) is 6.04 Å². The van der Waals surface area contributed by atoms with E-state index in [9.17, 15) is 8.78 Å². The van der Waals surface area contributed by atoms with Crippen LogP contribution in [-0.4, -0.2) is 0 Å².